The third-order valence-electron chi connectivity index (χ3n) is 9.80. The molecule has 3 aromatic carbocycles. The Kier molecular flexibility index (Phi) is 27.5. The quantitative estimate of drug-likeness (QED) is 0.0255. The second-order valence-corrected chi connectivity index (χ2v) is 18.1. The van der Waals surface area contributed by atoms with Gasteiger partial charge >= 0.3 is 30.1 Å². The molecule has 18 nitrogen and oxygen atoms in total. The van der Waals surface area contributed by atoms with Crippen molar-refractivity contribution in [2.24, 2.45) is 23.3 Å². The number of amides is 2. The Labute approximate surface area is 427 Å². The van der Waals surface area contributed by atoms with Crippen molar-refractivity contribution in [2.45, 2.75) is 91.9 Å². The number of aliphatic hydroxyl groups excluding tert-OH is 1. The average Bonchev–Trinajstić information content (AvgIpc) is 4.03. The van der Waals surface area contributed by atoms with E-state index in [1.54, 1.807) is 48.5 Å². The molecule has 3 atom stereocenters. The van der Waals surface area contributed by atoms with Crippen LogP contribution in [0.1, 0.15) is 72.1 Å². The number of alkyl carbamates (subject to hydrolysis) is 2. The minimum Gasteiger partial charge on any atom is -0.481 e. The summed E-state index contributed by atoms with van der Waals surface area (Å²) in [7, 11) is 0. The third kappa shape index (κ3) is 23.0. The van der Waals surface area contributed by atoms with Crippen LogP contribution in [0.4, 0.5) is 9.59 Å². The number of fused-ring (bicyclic) bond motifs is 3. The molecule has 0 aliphatic heterocycles. The molecule has 392 valence electrons. The molecule has 20 heteroatoms. The molecule has 6 aromatic rings. The van der Waals surface area contributed by atoms with Gasteiger partial charge < -0.3 is 66.2 Å². The monoisotopic (exact) mass is 1030 g/mol. The first-order valence-corrected chi connectivity index (χ1v) is 22.8. The number of carbonyl (C=O) groups excluding carboxylic acids is 4. The molecule has 0 aliphatic rings. The highest BCUT2D eigenvalue weighted by Crippen LogP contribution is 2.23. The maximum Gasteiger partial charge on any atom is 0.407 e. The molecule has 0 saturated carbocycles. The standard InChI is InChI=1S/C19H26N2O4.C13H17N3O2.C12H13NO2.C7H15NO3.2ClH/c1-13(11-14-12-21-16-8-6-5-7-15(14)16)17(22)24-10-9-20-18(23)25-19(2,3)4;14-5-6-18-13(17)11(15)7-9-8-16-12-4-2-1-3-10(9)12;1-8(12(14)15)6-9-7-13-11-5-3-2-4-10(9)11;1-7(2,3)11-6(10)8-4-5-9;;/h5-8,12-13,21H,9-11H2,1-4H3,(H,20,23);1-4,8,11,16H,5-7,14-15H2;2-5,7-8,13H,6H2,1H3,(H,14,15);9H,4-5H2,1-3H3,(H,8,10);2*1H/t13-;11-;8-;;;/m000.../s1. The highest BCUT2D eigenvalue weighted by molar-refractivity contribution is 5.86. The second kappa shape index (κ2) is 31.1. The molecule has 3 aromatic heterocycles. The number of H-pyrrole nitrogens is 3. The van der Waals surface area contributed by atoms with E-state index in [0.717, 1.165) is 49.4 Å². The number of carbonyl (C=O) groups is 5. The van der Waals surface area contributed by atoms with Crippen molar-refractivity contribution in [3.8, 4) is 0 Å². The summed E-state index contributed by atoms with van der Waals surface area (Å²) in [5, 5.41) is 25.4. The number of hydrogen-bond donors (Lipinski definition) is 9. The lowest BCUT2D eigenvalue weighted by molar-refractivity contribution is -0.148. The van der Waals surface area contributed by atoms with Crippen molar-refractivity contribution in [1.82, 2.24) is 25.6 Å². The summed E-state index contributed by atoms with van der Waals surface area (Å²) >= 11 is 0. The second-order valence-electron chi connectivity index (χ2n) is 18.1. The maximum atomic E-state index is 12.1. The molecule has 0 radical (unpaired) electrons. The predicted octanol–water partition coefficient (Wildman–Crippen LogP) is 7.73. The van der Waals surface area contributed by atoms with Gasteiger partial charge in [-0.2, -0.15) is 0 Å². The zero-order chi connectivity index (χ0) is 51.1. The molecule has 3 heterocycles. The molecule has 0 saturated heterocycles. The van der Waals surface area contributed by atoms with Crippen LogP contribution >= 0.6 is 24.8 Å². The first-order valence-electron chi connectivity index (χ1n) is 22.8. The Balaban J connectivity index is 0.000000489. The van der Waals surface area contributed by atoms with E-state index in [1.807, 2.05) is 98.3 Å². The van der Waals surface area contributed by atoms with Gasteiger partial charge in [-0.05, 0) is 89.3 Å². The van der Waals surface area contributed by atoms with Crippen LogP contribution in [0.25, 0.3) is 32.7 Å². The number of carboxylic acid groups (broad SMARTS) is 1. The lowest BCUT2D eigenvalue weighted by Gasteiger charge is -2.19. The Morgan fingerprint density at radius 1 is 0.592 bits per heavy atom. The smallest absolute Gasteiger partial charge is 0.407 e. The molecule has 0 fully saturated rings. The Morgan fingerprint density at radius 3 is 1.37 bits per heavy atom. The van der Waals surface area contributed by atoms with Crippen molar-refractivity contribution in [2.75, 3.05) is 39.5 Å². The number of ether oxygens (including phenoxy) is 4. The number of rotatable bonds is 16. The minimum absolute atomic E-state index is 0. The van der Waals surface area contributed by atoms with Gasteiger partial charge in [0.15, 0.2) is 0 Å². The molecule has 2 amide bonds. The van der Waals surface area contributed by atoms with Crippen molar-refractivity contribution >= 4 is 87.6 Å². The van der Waals surface area contributed by atoms with E-state index < -0.39 is 41.4 Å². The van der Waals surface area contributed by atoms with E-state index in [-0.39, 0.29) is 75.5 Å². The van der Waals surface area contributed by atoms with Gasteiger partial charge in [-0.15, -0.1) is 24.8 Å². The van der Waals surface area contributed by atoms with Crippen LogP contribution in [0.3, 0.4) is 0 Å². The van der Waals surface area contributed by atoms with Gasteiger partial charge in [0.1, 0.15) is 30.5 Å². The number of esters is 2. The summed E-state index contributed by atoms with van der Waals surface area (Å²) in [6.07, 6.45) is 6.31. The SMILES string of the molecule is CC(C)(C)OC(=O)NCCO.C[C@@H](Cc1c[nH]c2ccccc12)C(=O)O.C[C@@H](Cc1c[nH]c2ccccc12)C(=O)OCCNC(=O)OC(C)(C)C.Cl.Cl.NCCOC(=O)[C@@H](N)Cc1c[nH]c2ccccc12. The lowest BCUT2D eigenvalue weighted by atomic mass is 10.0. The maximum absolute atomic E-state index is 12.1. The summed E-state index contributed by atoms with van der Waals surface area (Å²) in [5.41, 5.74) is 16.4. The van der Waals surface area contributed by atoms with Gasteiger partial charge in [-0.25, -0.2) is 9.59 Å². The fourth-order valence-electron chi connectivity index (χ4n) is 6.55. The predicted molar refractivity (Wildman–Crippen MR) is 281 cm³/mol. The zero-order valence-electron chi connectivity index (χ0n) is 41.8. The normalized spacial score (nSPS) is 12.0. The van der Waals surface area contributed by atoms with E-state index >= 15 is 0 Å². The van der Waals surface area contributed by atoms with E-state index in [1.165, 1.54) is 0 Å². The number of hydrogen-bond acceptors (Lipinski definition) is 12. The fraction of sp³-hybridized carbons (Fsp3) is 0.431. The largest absolute Gasteiger partial charge is 0.481 e. The molecular formula is C51H73Cl2N7O11. The highest BCUT2D eigenvalue weighted by atomic mass is 35.5. The average molecular weight is 1030 g/mol. The molecular weight excluding hydrogens is 958 g/mol. The number of halogens is 2. The Morgan fingerprint density at radius 2 is 0.972 bits per heavy atom. The molecule has 0 unspecified atom stereocenters. The van der Waals surface area contributed by atoms with Gasteiger partial charge in [-0.1, -0.05) is 68.4 Å². The van der Waals surface area contributed by atoms with Crippen LogP contribution in [-0.4, -0.2) is 112 Å². The van der Waals surface area contributed by atoms with Gasteiger partial charge in [0, 0.05) is 70.8 Å². The lowest BCUT2D eigenvalue weighted by Crippen LogP contribution is -2.35. The topological polar surface area (TPSA) is 286 Å². The molecule has 11 N–H and O–H groups in total. The Hall–Kier alpha value is -6.31. The van der Waals surface area contributed by atoms with Crippen molar-refractivity contribution in [3.05, 3.63) is 108 Å². The number of nitrogens with two attached hydrogens (primary N) is 2. The van der Waals surface area contributed by atoms with E-state index in [0.29, 0.717) is 25.8 Å². The molecule has 0 aliphatic carbocycles. The molecule has 71 heavy (non-hydrogen) atoms. The number of aliphatic carboxylic acids is 1. The Bertz CT molecular complexity index is 2550. The van der Waals surface area contributed by atoms with E-state index in [2.05, 4.69) is 25.6 Å². The number of aromatic amines is 3. The van der Waals surface area contributed by atoms with Crippen LogP contribution in [0.15, 0.2) is 91.4 Å². The zero-order valence-corrected chi connectivity index (χ0v) is 43.4. The molecule has 0 spiro atoms. The number of benzene rings is 3. The van der Waals surface area contributed by atoms with Gasteiger partial charge in [0.05, 0.1) is 25.0 Å². The van der Waals surface area contributed by atoms with Gasteiger partial charge in [-0.3, -0.25) is 14.4 Å². The van der Waals surface area contributed by atoms with Crippen LogP contribution in [0, 0.1) is 11.8 Å². The summed E-state index contributed by atoms with van der Waals surface area (Å²) < 4.78 is 20.1. The van der Waals surface area contributed by atoms with Gasteiger partial charge in [0.2, 0.25) is 0 Å². The van der Waals surface area contributed by atoms with E-state index in [4.69, 9.17) is 40.6 Å². The first kappa shape index (κ1) is 62.7. The third-order valence-corrected chi connectivity index (χ3v) is 9.80. The van der Waals surface area contributed by atoms with Crippen molar-refractivity contribution < 1.29 is 53.1 Å². The number of aromatic nitrogens is 3. The minimum atomic E-state index is -0.750. The van der Waals surface area contributed by atoms with Crippen molar-refractivity contribution in [3.63, 3.8) is 0 Å². The van der Waals surface area contributed by atoms with Crippen LogP contribution in [0.5, 0.6) is 0 Å². The fourth-order valence-corrected chi connectivity index (χ4v) is 6.55. The van der Waals surface area contributed by atoms with Gasteiger partial charge in [0.25, 0.3) is 0 Å². The van der Waals surface area contributed by atoms with Crippen LogP contribution in [-0.2, 0) is 52.6 Å². The van der Waals surface area contributed by atoms with Crippen molar-refractivity contribution in [1.29, 1.82) is 0 Å². The van der Waals surface area contributed by atoms with E-state index in [9.17, 15) is 24.0 Å². The molecule has 0 bridgehead atoms. The van der Waals surface area contributed by atoms with Crippen LogP contribution < -0.4 is 22.1 Å². The highest BCUT2D eigenvalue weighted by Gasteiger charge is 2.20. The number of carboxylic acids is 1. The molecule has 6 rings (SSSR count). The number of aliphatic hydroxyl groups is 1. The summed E-state index contributed by atoms with van der Waals surface area (Å²) in [6, 6.07) is 23.1. The first-order chi connectivity index (χ1) is 32.6. The van der Waals surface area contributed by atoms with Crippen LogP contribution in [0.2, 0.25) is 0 Å². The summed E-state index contributed by atoms with van der Waals surface area (Å²) in [4.78, 5) is 66.2. The number of nitrogens with one attached hydrogen (secondary N) is 5. The summed E-state index contributed by atoms with van der Waals surface area (Å²) in [6.45, 7) is 15.3. The summed E-state index contributed by atoms with van der Waals surface area (Å²) in [5.74, 6) is -2.05. The number of para-hydroxylation sites is 3.